The third-order valence-corrected chi connectivity index (χ3v) is 4.19. The van der Waals surface area contributed by atoms with Crippen molar-refractivity contribution in [3.05, 3.63) is 42.5 Å². The standard InChI is InChI=1S/C22H34O2/c1-2-3-4-5-6-7-8-9-10-11-12-13-17-20-22(23)24-21-18-15-14-16-19-21/h14-20H,2-13H2,1H3/b20-17+. The number of esters is 1. The van der Waals surface area contributed by atoms with Crippen LogP contribution in [0, 0.1) is 0 Å². The van der Waals surface area contributed by atoms with Gasteiger partial charge in [-0.25, -0.2) is 4.79 Å². The first-order valence-corrected chi connectivity index (χ1v) is 9.76. The minimum Gasteiger partial charge on any atom is -0.423 e. The Balaban J connectivity index is 1.88. The molecule has 134 valence electrons. The molecule has 1 aromatic rings. The molecule has 0 unspecified atom stereocenters. The van der Waals surface area contributed by atoms with Crippen LogP contribution in [0.15, 0.2) is 42.5 Å². The summed E-state index contributed by atoms with van der Waals surface area (Å²) in [5.74, 6) is 0.311. The molecule has 0 amide bonds. The van der Waals surface area contributed by atoms with E-state index in [4.69, 9.17) is 4.74 Å². The van der Waals surface area contributed by atoms with Gasteiger partial charge in [0.05, 0.1) is 0 Å². The van der Waals surface area contributed by atoms with Crippen LogP contribution in [0.5, 0.6) is 5.75 Å². The lowest BCUT2D eigenvalue weighted by Gasteiger charge is -2.02. The Morgan fingerprint density at radius 3 is 1.96 bits per heavy atom. The number of benzene rings is 1. The molecule has 0 saturated carbocycles. The zero-order chi connectivity index (χ0) is 17.3. The molecular weight excluding hydrogens is 296 g/mol. The molecule has 0 spiro atoms. The van der Waals surface area contributed by atoms with E-state index in [2.05, 4.69) is 6.92 Å². The number of hydrogen-bond donors (Lipinski definition) is 0. The average Bonchev–Trinajstić information content (AvgIpc) is 2.60. The quantitative estimate of drug-likeness (QED) is 0.161. The van der Waals surface area contributed by atoms with Crippen molar-refractivity contribution in [1.82, 2.24) is 0 Å². The van der Waals surface area contributed by atoms with E-state index in [1.165, 1.54) is 64.2 Å². The highest BCUT2D eigenvalue weighted by atomic mass is 16.5. The second-order valence-corrected chi connectivity index (χ2v) is 6.46. The number of hydrogen-bond acceptors (Lipinski definition) is 2. The summed E-state index contributed by atoms with van der Waals surface area (Å²) in [4.78, 5) is 11.6. The smallest absolute Gasteiger partial charge is 0.335 e. The summed E-state index contributed by atoms with van der Waals surface area (Å²) in [6, 6.07) is 9.19. The van der Waals surface area contributed by atoms with Crippen LogP contribution in [0.4, 0.5) is 0 Å². The van der Waals surface area contributed by atoms with Crippen LogP contribution in [-0.4, -0.2) is 5.97 Å². The Hall–Kier alpha value is -1.57. The van der Waals surface area contributed by atoms with Crippen molar-refractivity contribution < 1.29 is 9.53 Å². The Morgan fingerprint density at radius 1 is 0.833 bits per heavy atom. The number of carbonyl (C=O) groups is 1. The molecule has 2 nitrogen and oxygen atoms in total. The molecule has 0 atom stereocenters. The molecule has 1 rings (SSSR count). The van der Waals surface area contributed by atoms with Crippen LogP contribution in [-0.2, 0) is 4.79 Å². The van der Waals surface area contributed by atoms with Crippen LogP contribution in [0.2, 0.25) is 0 Å². The summed E-state index contributed by atoms with van der Waals surface area (Å²) in [7, 11) is 0. The van der Waals surface area contributed by atoms with E-state index in [1.807, 2.05) is 24.3 Å². The highest BCUT2D eigenvalue weighted by molar-refractivity contribution is 5.83. The Bertz CT molecular complexity index is 437. The lowest BCUT2D eigenvalue weighted by molar-refractivity contribution is -0.129. The number of ether oxygens (including phenoxy) is 1. The Morgan fingerprint density at radius 2 is 1.38 bits per heavy atom. The van der Waals surface area contributed by atoms with Crippen LogP contribution in [0.25, 0.3) is 0 Å². The average molecular weight is 331 g/mol. The van der Waals surface area contributed by atoms with Crippen molar-refractivity contribution in [3.8, 4) is 5.75 Å². The van der Waals surface area contributed by atoms with Gasteiger partial charge in [0, 0.05) is 6.08 Å². The fraction of sp³-hybridized carbons (Fsp3) is 0.591. The molecule has 0 aliphatic rings. The van der Waals surface area contributed by atoms with Crippen LogP contribution >= 0.6 is 0 Å². The highest BCUT2D eigenvalue weighted by Gasteiger charge is 1.98. The second-order valence-electron chi connectivity index (χ2n) is 6.46. The van der Waals surface area contributed by atoms with Gasteiger partial charge < -0.3 is 4.74 Å². The van der Waals surface area contributed by atoms with Gasteiger partial charge in [-0.3, -0.25) is 0 Å². The zero-order valence-electron chi connectivity index (χ0n) is 15.3. The van der Waals surface area contributed by atoms with Crippen LogP contribution in [0.3, 0.4) is 0 Å². The third-order valence-electron chi connectivity index (χ3n) is 4.19. The first-order valence-electron chi connectivity index (χ1n) is 9.76. The summed E-state index contributed by atoms with van der Waals surface area (Å²) < 4.78 is 5.20. The van der Waals surface area contributed by atoms with E-state index in [9.17, 15) is 4.79 Å². The summed E-state index contributed by atoms with van der Waals surface area (Å²) in [5, 5.41) is 0. The van der Waals surface area contributed by atoms with Crippen molar-refractivity contribution >= 4 is 5.97 Å². The van der Waals surface area contributed by atoms with Crippen molar-refractivity contribution in [2.24, 2.45) is 0 Å². The largest absolute Gasteiger partial charge is 0.423 e. The molecule has 1 aromatic carbocycles. The van der Waals surface area contributed by atoms with Gasteiger partial charge >= 0.3 is 5.97 Å². The highest BCUT2D eigenvalue weighted by Crippen LogP contribution is 2.12. The van der Waals surface area contributed by atoms with E-state index >= 15 is 0 Å². The maximum absolute atomic E-state index is 11.6. The third kappa shape index (κ3) is 11.9. The second kappa shape index (κ2) is 15.0. The number of carbonyl (C=O) groups excluding carboxylic acids is 1. The molecule has 0 aromatic heterocycles. The van der Waals surface area contributed by atoms with Gasteiger partial charge in [0.1, 0.15) is 5.75 Å². The van der Waals surface area contributed by atoms with E-state index in [0.29, 0.717) is 5.75 Å². The van der Waals surface area contributed by atoms with Gasteiger partial charge in [0.15, 0.2) is 0 Å². The predicted octanol–water partition coefficient (Wildman–Crippen LogP) is 6.85. The first kappa shape index (κ1) is 20.5. The summed E-state index contributed by atoms with van der Waals surface area (Å²) in [6.45, 7) is 2.27. The maximum atomic E-state index is 11.6. The van der Waals surface area contributed by atoms with E-state index < -0.39 is 0 Å². The van der Waals surface area contributed by atoms with Gasteiger partial charge in [0.25, 0.3) is 0 Å². The number of allylic oxidation sites excluding steroid dienone is 1. The Labute approximate surface area is 148 Å². The minimum atomic E-state index is -0.288. The van der Waals surface area contributed by atoms with Crippen molar-refractivity contribution in [3.63, 3.8) is 0 Å². The van der Waals surface area contributed by atoms with Crippen molar-refractivity contribution in [1.29, 1.82) is 0 Å². The molecule has 0 heterocycles. The van der Waals surface area contributed by atoms with E-state index in [1.54, 1.807) is 18.2 Å². The number of para-hydroxylation sites is 1. The molecule has 24 heavy (non-hydrogen) atoms. The monoisotopic (exact) mass is 330 g/mol. The van der Waals surface area contributed by atoms with Gasteiger partial charge in [-0.2, -0.15) is 0 Å². The lowest BCUT2D eigenvalue weighted by Crippen LogP contribution is -2.03. The predicted molar refractivity (Wildman–Crippen MR) is 102 cm³/mol. The maximum Gasteiger partial charge on any atom is 0.335 e. The molecular formula is C22H34O2. The van der Waals surface area contributed by atoms with Crippen LogP contribution < -0.4 is 4.74 Å². The number of unbranched alkanes of at least 4 members (excludes halogenated alkanes) is 11. The van der Waals surface area contributed by atoms with Crippen molar-refractivity contribution in [2.45, 2.75) is 84.0 Å². The molecule has 0 aliphatic heterocycles. The van der Waals surface area contributed by atoms with E-state index in [0.717, 1.165) is 12.8 Å². The van der Waals surface area contributed by atoms with Crippen molar-refractivity contribution in [2.75, 3.05) is 0 Å². The molecule has 0 aliphatic carbocycles. The topological polar surface area (TPSA) is 26.3 Å². The van der Waals surface area contributed by atoms with Gasteiger partial charge in [0.2, 0.25) is 0 Å². The first-order chi connectivity index (χ1) is 11.8. The number of rotatable bonds is 14. The molecule has 0 radical (unpaired) electrons. The Kier molecular flexibility index (Phi) is 12.8. The van der Waals surface area contributed by atoms with Crippen LogP contribution in [0.1, 0.15) is 84.0 Å². The summed E-state index contributed by atoms with van der Waals surface area (Å²) in [6.07, 6.45) is 19.3. The molecule has 2 heteroatoms. The molecule has 0 fully saturated rings. The lowest BCUT2D eigenvalue weighted by atomic mass is 10.1. The zero-order valence-corrected chi connectivity index (χ0v) is 15.3. The normalized spacial score (nSPS) is 11.0. The van der Waals surface area contributed by atoms with E-state index in [-0.39, 0.29) is 5.97 Å². The summed E-state index contributed by atoms with van der Waals surface area (Å²) in [5.41, 5.74) is 0. The minimum absolute atomic E-state index is 0.288. The van der Waals surface area contributed by atoms with Gasteiger partial charge in [-0.15, -0.1) is 0 Å². The molecule has 0 N–H and O–H groups in total. The van der Waals surface area contributed by atoms with Gasteiger partial charge in [-0.1, -0.05) is 95.4 Å². The fourth-order valence-corrected chi connectivity index (χ4v) is 2.74. The molecule has 0 bridgehead atoms. The van der Waals surface area contributed by atoms with Gasteiger partial charge in [-0.05, 0) is 25.0 Å². The molecule has 0 saturated heterocycles. The summed E-state index contributed by atoms with van der Waals surface area (Å²) >= 11 is 0. The fourth-order valence-electron chi connectivity index (χ4n) is 2.74. The SMILES string of the molecule is CCCCCCCCCCCCC/C=C/C(=O)Oc1ccccc1.